The number of anilines is 1. The van der Waals surface area contributed by atoms with E-state index in [1.807, 2.05) is 32.0 Å². The summed E-state index contributed by atoms with van der Waals surface area (Å²) in [7, 11) is 0. The van der Waals surface area contributed by atoms with Crippen molar-refractivity contribution >= 4 is 11.5 Å². The Kier molecular flexibility index (Phi) is 3.57. The van der Waals surface area contributed by atoms with Crippen molar-refractivity contribution in [2.45, 2.75) is 26.4 Å². The summed E-state index contributed by atoms with van der Waals surface area (Å²) in [4.78, 5) is 2.22. The van der Waals surface area contributed by atoms with Crippen LogP contribution in [0.2, 0.25) is 0 Å². The molecule has 98 valence electrons. The van der Waals surface area contributed by atoms with E-state index in [0.29, 0.717) is 5.92 Å². The first-order chi connectivity index (χ1) is 8.49. The molecular formula is C14H21N3O. The van der Waals surface area contributed by atoms with Gasteiger partial charge in [-0.2, -0.15) is 0 Å². The minimum Gasteiger partial charge on any atom is -0.393 e. The van der Waals surface area contributed by atoms with Crippen molar-refractivity contribution in [3.05, 3.63) is 29.3 Å². The number of nitrogens with zero attached hydrogens (tertiary/aromatic N) is 1. The van der Waals surface area contributed by atoms with E-state index in [1.54, 1.807) is 0 Å². The lowest BCUT2D eigenvalue weighted by Gasteiger charge is -2.22. The highest BCUT2D eigenvalue weighted by molar-refractivity contribution is 6.00. The predicted molar refractivity (Wildman–Crippen MR) is 74.2 cm³/mol. The smallest absolute Gasteiger partial charge is 0.124 e. The van der Waals surface area contributed by atoms with Gasteiger partial charge in [-0.25, -0.2) is 0 Å². The number of hydrogen-bond acceptors (Lipinski definition) is 3. The fourth-order valence-corrected chi connectivity index (χ4v) is 2.54. The van der Waals surface area contributed by atoms with Crippen molar-refractivity contribution in [1.29, 1.82) is 5.41 Å². The maximum atomic E-state index is 9.65. The molecule has 2 unspecified atom stereocenters. The van der Waals surface area contributed by atoms with Crippen molar-refractivity contribution in [3.63, 3.8) is 0 Å². The average Bonchev–Trinajstić information content (AvgIpc) is 2.78. The molecule has 0 spiro atoms. The lowest BCUT2D eigenvalue weighted by Crippen LogP contribution is -2.26. The van der Waals surface area contributed by atoms with Gasteiger partial charge in [0.15, 0.2) is 0 Å². The van der Waals surface area contributed by atoms with Crippen LogP contribution in [0.3, 0.4) is 0 Å². The van der Waals surface area contributed by atoms with Gasteiger partial charge < -0.3 is 15.7 Å². The molecule has 1 fully saturated rings. The number of nitrogens with one attached hydrogen (secondary N) is 1. The number of nitrogen functional groups attached to an aromatic ring is 1. The zero-order valence-electron chi connectivity index (χ0n) is 11.0. The van der Waals surface area contributed by atoms with E-state index in [9.17, 15) is 5.11 Å². The second-order valence-corrected chi connectivity index (χ2v) is 5.17. The van der Waals surface area contributed by atoms with E-state index in [1.165, 1.54) is 0 Å². The van der Waals surface area contributed by atoms with E-state index < -0.39 is 0 Å². The molecule has 4 nitrogen and oxygen atoms in total. The quantitative estimate of drug-likeness (QED) is 0.559. The van der Waals surface area contributed by atoms with Crippen molar-refractivity contribution in [2.24, 2.45) is 11.7 Å². The predicted octanol–water partition coefficient (Wildman–Crippen LogP) is 1.49. The van der Waals surface area contributed by atoms with Crippen LogP contribution in [0.1, 0.15) is 24.5 Å². The first kappa shape index (κ1) is 12.9. The van der Waals surface area contributed by atoms with E-state index in [4.69, 9.17) is 11.1 Å². The molecule has 2 rings (SSSR count). The molecule has 0 amide bonds. The van der Waals surface area contributed by atoms with Gasteiger partial charge >= 0.3 is 0 Å². The number of amidine groups is 1. The molecule has 1 aromatic carbocycles. The Balaban J connectivity index is 2.27. The Hall–Kier alpha value is -1.55. The molecule has 1 saturated heterocycles. The highest BCUT2D eigenvalue weighted by Gasteiger charge is 2.27. The molecule has 1 aliphatic rings. The summed E-state index contributed by atoms with van der Waals surface area (Å²) in [6, 6.07) is 6.02. The summed E-state index contributed by atoms with van der Waals surface area (Å²) in [5.41, 5.74) is 8.56. The summed E-state index contributed by atoms with van der Waals surface area (Å²) < 4.78 is 0. The molecule has 2 atom stereocenters. The van der Waals surface area contributed by atoms with Crippen LogP contribution >= 0.6 is 0 Å². The second-order valence-electron chi connectivity index (χ2n) is 5.17. The molecule has 1 aromatic rings. The molecule has 1 heterocycles. The molecule has 1 aliphatic heterocycles. The fourth-order valence-electron chi connectivity index (χ4n) is 2.54. The zero-order chi connectivity index (χ0) is 13.3. The first-order valence-corrected chi connectivity index (χ1v) is 6.37. The fraction of sp³-hybridized carbons (Fsp3) is 0.500. The molecule has 0 aromatic heterocycles. The summed E-state index contributed by atoms with van der Waals surface area (Å²) >= 11 is 0. The highest BCUT2D eigenvalue weighted by atomic mass is 16.3. The molecule has 0 bridgehead atoms. The molecular weight excluding hydrogens is 226 g/mol. The van der Waals surface area contributed by atoms with Crippen molar-refractivity contribution in [1.82, 2.24) is 0 Å². The molecule has 4 N–H and O–H groups in total. The van der Waals surface area contributed by atoms with Crippen molar-refractivity contribution in [3.8, 4) is 0 Å². The van der Waals surface area contributed by atoms with Gasteiger partial charge in [0.25, 0.3) is 0 Å². The minimum atomic E-state index is -0.277. The molecule has 0 aliphatic carbocycles. The summed E-state index contributed by atoms with van der Waals surface area (Å²) in [5, 5.41) is 17.3. The number of rotatable bonds is 3. The Morgan fingerprint density at radius 2 is 2.28 bits per heavy atom. The largest absolute Gasteiger partial charge is 0.393 e. The molecule has 0 radical (unpaired) electrons. The number of hydrogen-bond donors (Lipinski definition) is 3. The third-order valence-corrected chi connectivity index (χ3v) is 3.69. The number of benzene rings is 1. The molecule has 0 saturated carbocycles. The zero-order valence-corrected chi connectivity index (χ0v) is 11.0. The average molecular weight is 247 g/mol. The van der Waals surface area contributed by atoms with Crippen LogP contribution in [-0.4, -0.2) is 30.1 Å². The maximum absolute atomic E-state index is 9.65. The van der Waals surface area contributed by atoms with Gasteiger partial charge in [0, 0.05) is 30.3 Å². The number of aliphatic hydroxyl groups excluding tert-OH is 1. The summed E-state index contributed by atoms with van der Waals surface area (Å²) in [6.07, 6.45) is 0.712. The Bertz CT molecular complexity index is 456. The third-order valence-electron chi connectivity index (χ3n) is 3.69. The van der Waals surface area contributed by atoms with Crippen molar-refractivity contribution in [2.75, 3.05) is 18.0 Å². The number of nitrogens with two attached hydrogens (primary N) is 1. The minimum absolute atomic E-state index is 0.106. The second kappa shape index (κ2) is 4.98. The lowest BCUT2D eigenvalue weighted by atomic mass is 10.0. The van der Waals surface area contributed by atoms with Gasteiger partial charge in [0.05, 0.1) is 6.10 Å². The van der Waals surface area contributed by atoms with Crippen LogP contribution in [0.25, 0.3) is 0 Å². The summed E-state index contributed by atoms with van der Waals surface area (Å²) in [5.74, 6) is 0.417. The van der Waals surface area contributed by atoms with Gasteiger partial charge in [0.1, 0.15) is 5.84 Å². The Morgan fingerprint density at radius 1 is 1.56 bits per heavy atom. The van der Waals surface area contributed by atoms with Crippen LogP contribution in [0.15, 0.2) is 18.2 Å². The van der Waals surface area contributed by atoms with Gasteiger partial charge in [-0.1, -0.05) is 11.6 Å². The van der Waals surface area contributed by atoms with Crippen LogP contribution in [-0.2, 0) is 0 Å². The number of aryl methyl sites for hydroxylation is 1. The molecule has 4 heteroatoms. The first-order valence-electron chi connectivity index (χ1n) is 6.37. The number of aliphatic hydroxyl groups is 1. The Morgan fingerprint density at radius 3 is 2.83 bits per heavy atom. The standard InChI is InChI=1S/C14H21N3O/c1-9-3-4-13(12(7-9)14(15)16)17-6-5-11(8-17)10(2)18/h3-4,7,10-11,18H,5-6,8H2,1-2H3,(H3,15,16). The van der Waals surface area contributed by atoms with E-state index >= 15 is 0 Å². The Labute approximate surface area is 108 Å². The van der Waals surface area contributed by atoms with Gasteiger partial charge in [0.2, 0.25) is 0 Å². The lowest BCUT2D eigenvalue weighted by molar-refractivity contribution is 0.136. The van der Waals surface area contributed by atoms with Gasteiger partial charge in [-0.15, -0.1) is 0 Å². The van der Waals surface area contributed by atoms with Crippen LogP contribution in [0.5, 0.6) is 0 Å². The van der Waals surface area contributed by atoms with E-state index in [-0.39, 0.29) is 11.9 Å². The summed E-state index contributed by atoms with van der Waals surface area (Å²) in [6.45, 7) is 5.59. The van der Waals surface area contributed by atoms with Crippen LogP contribution in [0, 0.1) is 18.3 Å². The topological polar surface area (TPSA) is 73.3 Å². The van der Waals surface area contributed by atoms with Crippen molar-refractivity contribution < 1.29 is 5.11 Å². The van der Waals surface area contributed by atoms with Gasteiger partial charge in [-0.3, -0.25) is 5.41 Å². The molecule has 18 heavy (non-hydrogen) atoms. The third kappa shape index (κ3) is 2.48. The van der Waals surface area contributed by atoms with E-state index in [2.05, 4.69) is 4.90 Å². The monoisotopic (exact) mass is 247 g/mol. The van der Waals surface area contributed by atoms with Crippen LogP contribution in [0.4, 0.5) is 5.69 Å². The van der Waals surface area contributed by atoms with E-state index in [0.717, 1.165) is 36.3 Å². The van der Waals surface area contributed by atoms with Crippen LogP contribution < -0.4 is 10.6 Å². The normalized spacial score (nSPS) is 21.1. The van der Waals surface area contributed by atoms with Gasteiger partial charge in [-0.05, 0) is 32.4 Å². The SMILES string of the molecule is Cc1ccc(N2CCC(C(C)O)C2)c(C(=N)N)c1. The highest BCUT2D eigenvalue weighted by Crippen LogP contribution is 2.29. The maximum Gasteiger partial charge on any atom is 0.124 e.